The molecule has 0 heterocycles. The Morgan fingerprint density at radius 3 is 1.60 bits per heavy atom. The van der Waals surface area contributed by atoms with Gasteiger partial charge in [-0.2, -0.15) is 0 Å². The second-order valence-electron chi connectivity index (χ2n) is 1.36. The van der Waals surface area contributed by atoms with Crippen LogP contribution in [-0.2, 0) is 4.79 Å². The van der Waals surface area contributed by atoms with Gasteiger partial charge in [0.2, 0.25) is 5.78 Å². The van der Waals surface area contributed by atoms with Gasteiger partial charge in [0, 0.05) is 12.4 Å². The highest BCUT2D eigenvalue weighted by molar-refractivity contribution is 6.54. The van der Waals surface area contributed by atoms with Gasteiger partial charge < -0.3 is 11.5 Å². The van der Waals surface area contributed by atoms with Crippen molar-refractivity contribution in [1.29, 1.82) is 0 Å². The molecule has 5 heteroatoms. The van der Waals surface area contributed by atoms with E-state index in [0.29, 0.717) is 0 Å². The number of ketones is 1. The Labute approximate surface area is 68.3 Å². The molecule has 0 fully saturated rings. The molecular formula is C5H6Cl2N2O. The first kappa shape index (κ1) is 9.33. The van der Waals surface area contributed by atoms with E-state index in [1.807, 2.05) is 0 Å². The maximum absolute atomic E-state index is 10.7. The summed E-state index contributed by atoms with van der Waals surface area (Å²) in [5.41, 5.74) is 9.85. The quantitative estimate of drug-likeness (QED) is 0.614. The third-order valence-corrected chi connectivity index (χ3v) is 1.32. The van der Waals surface area contributed by atoms with Gasteiger partial charge in [-0.15, -0.1) is 0 Å². The summed E-state index contributed by atoms with van der Waals surface area (Å²) in [5, 5.41) is -0.293. The Balaban J connectivity index is 4.39. The Hall–Kier alpha value is -0.670. The SMILES string of the molecule is N/C=C(\Cl)C(=O)/C(Cl)=C/N. The predicted octanol–water partition coefficient (Wildman–Crippen LogP) is 0.633. The largest absolute Gasteiger partial charge is 0.403 e. The highest BCUT2D eigenvalue weighted by Crippen LogP contribution is 2.10. The van der Waals surface area contributed by atoms with Crippen molar-refractivity contribution in [3.05, 3.63) is 22.5 Å². The van der Waals surface area contributed by atoms with Crippen LogP contribution in [0.25, 0.3) is 0 Å². The average molecular weight is 181 g/mol. The number of rotatable bonds is 2. The molecule has 0 saturated carbocycles. The van der Waals surface area contributed by atoms with Crippen molar-refractivity contribution < 1.29 is 4.79 Å². The maximum atomic E-state index is 10.7. The van der Waals surface area contributed by atoms with Gasteiger partial charge in [-0.05, 0) is 0 Å². The Kier molecular flexibility index (Phi) is 3.91. The van der Waals surface area contributed by atoms with Gasteiger partial charge in [-0.25, -0.2) is 0 Å². The molecule has 0 aromatic rings. The minimum absolute atomic E-state index is 0.147. The number of nitrogens with two attached hydrogens (primary N) is 2. The number of hydrogen-bond donors (Lipinski definition) is 2. The van der Waals surface area contributed by atoms with Gasteiger partial charge in [0.1, 0.15) is 10.1 Å². The minimum atomic E-state index is -0.576. The fourth-order valence-electron chi connectivity index (χ4n) is 0.265. The summed E-state index contributed by atoms with van der Waals surface area (Å²) in [5.74, 6) is -0.576. The molecule has 0 unspecified atom stereocenters. The van der Waals surface area contributed by atoms with E-state index in [4.69, 9.17) is 34.7 Å². The summed E-state index contributed by atoms with van der Waals surface area (Å²) in [6.45, 7) is 0. The first-order valence-corrected chi connectivity index (χ1v) is 3.08. The second-order valence-corrected chi connectivity index (χ2v) is 2.17. The van der Waals surface area contributed by atoms with Crippen LogP contribution in [0.4, 0.5) is 0 Å². The first-order valence-electron chi connectivity index (χ1n) is 2.33. The van der Waals surface area contributed by atoms with Crippen molar-refractivity contribution in [1.82, 2.24) is 0 Å². The van der Waals surface area contributed by atoms with Crippen LogP contribution >= 0.6 is 23.2 Å². The summed E-state index contributed by atoms with van der Waals surface area (Å²) < 4.78 is 0. The second kappa shape index (κ2) is 4.19. The third kappa shape index (κ3) is 2.29. The van der Waals surface area contributed by atoms with Crippen molar-refractivity contribution in [2.75, 3.05) is 0 Å². The van der Waals surface area contributed by atoms with E-state index in [9.17, 15) is 4.79 Å². The van der Waals surface area contributed by atoms with Gasteiger partial charge in [-0.1, -0.05) is 23.2 Å². The molecule has 0 aliphatic rings. The number of halogens is 2. The Bertz CT molecular complexity index is 178. The lowest BCUT2D eigenvalue weighted by Gasteiger charge is -1.92. The molecule has 0 saturated heterocycles. The summed E-state index contributed by atoms with van der Waals surface area (Å²) >= 11 is 10.6. The van der Waals surface area contributed by atoms with Gasteiger partial charge >= 0.3 is 0 Å². The molecular weight excluding hydrogens is 175 g/mol. The van der Waals surface area contributed by atoms with E-state index in [0.717, 1.165) is 12.4 Å². The summed E-state index contributed by atoms with van der Waals surface area (Å²) in [6.07, 6.45) is 1.91. The van der Waals surface area contributed by atoms with Gasteiger partial charge in [0.25, 0.3) is 0 Å². The lowest BCUT2D eigenvalue weighted by molar-refractivity contribution is -0.111. The van der Waals surface area contributed by atoms with Crippen molar-refractivity contribution in [3.63, 3.8) is 0 Å². The molecule has 10 heavy (non-hydrogen) atoms. The number of carbonyl (C=O) groups excluding carboxylic acids is 1. The van der Waals surface area contributed by atoms with E-state index in [-0.39, 0.29) is 10.1 Å². The van der Waals surface area contributed by atoms with E-state index >= 15 is 0 Å². The van der Waals surface area contributed by atoms with Gasteiger partial charge in [0.15, 0.2) is 0 Å². The van der Waals surface area contributed by atoms with Crippen LogP contribution < -0.4 is 11.5 Å². The van der Waals surface area contributed by atoms with Gasteiger partial charge in [-0.3, -0.25) is 4.79 Å². The molecule has 0 aromatic carbocycles. The smallest absolute Gasteiger partial charge is 0.218 e. The van der Waals surface area contributed by atoms with Crippen LogP contribution in [-0.4, -0.2) is 5.78 Å². The molecule has 0 radical (unpaired) electrons. The maximum Gasteiger partial charge on any atom is 0.218 e. The first-order chi connectivity index (χ1) is 4.63. The molecule has 0 rings (SSSR count). The molecule has 0 aliphatic carbocycles. The Morgan fingerprint density at radius 1 is 1.10 bits per heavy atom. The van der Waals surface area contributed by atoms with Gasteiger partial charge in [0.05, 0.1) is 0 Å². The molecule has 4 N–H and O–H groups in total. The average Bonchev–Trinajstić information content (AvgIpc) is 2.00. The summed E-state index contributed by atoms with van der Waals surface area (Å²) in [4.78, 5) is 10.7. The van der Waals surface area contributed by atoms with Crippen molar-refractivity contribution >= 4 is 29.0 Å². The molecule has 0 aromatic heterocycles. The zero-order chi connectivity index (χ0) is 8.15. The van der Waals surface area contributed by atoms with E-state index < -0.39 is 5.78 Å². The number of carbonyl (C=O) groups is 1. The summed E-state index contributed by atoms with van der Waals surface area (Å²) in [7, 11) is 0. The fourth-order valence-corrected chi connectivity index (χ4v) is 0.517. The molecule has 0 aliphatic heterocycles. The van der Waals surface area contributed by atoms with Crippen LogP contribution in [0.1, 0.15) is 0 Å². The highest BCUT2D eigenvalue weighted by atomic mass is 35.5. The van der Waals surface area contributed by atoms with Crippen molar-refractivity contribution in [2.45, 2.75) is 0 Å². The van der Waals surface area contributed by atoms with E-state index in [1.165, 1.54) is 0 Å². The van der Waals surface area contributed by atoms with Crippen LogP contribution in [0.5, 0.6) is 0 Å². The number of hydrogen-bond acceptors (Lipinski definition) is 3. The minimum Gasteiger partial charge on any atom is -0.403 e. The lowest BCUT2D eigenvalue weighted by Crippen LogP contribution is -2.01. The van der Waals surface area contributed by atoms with E-state index in [1.54, 1.807) is 0 Å². The Morgan fingerprint density at radius 2 is 1.40 bits per heavy atom. The fraction of sp³-hybridized carbons (Fsp3) is 0. The molecule has 3 nitrogen and oxygen atoms in total. The summed E-state index contributed by atoms with van der Waals surface area (Å²) in [6, 6.07) is 0. The molecule has 0 bridgehead atoms. The van der Waals surface area contributed by atoms with Crippen molar-refractivity contribution in [3.8, 4) is 0 Å². The molecule has 0 atom stereocenters. The zero-order valence-electron chi connectivity index (χ0n) is 4.97. The molecule has 0 spiro atoms. The molecule has 0 amide bonds. The number of Topliss-reactive ketones (excluding diaryl/α,β-unsaturated/α-hetero) is 1. The predicted molar refractivity (Wildman–Crippen MR) is 41.3 cm³/mol. The monoisotopic (exact) mass is 180 g/mol. The van der Waals surface area contributed by atoms with Crippen LogP contribution in [0.3, 0.4) is 0 Å². The number of allylic oxidation sites excluding steroid dienone is 2. The van der Waals surface area contributed by atoms with Crippen molar-refractivity contribution in [2.24, 2.45) is 11.5 Å². The third-order valence-electron chi connectivity index (χ3n) is 0.726. The molecule has 56 valence electrons. The normalized spacial score (nSPS) is 13.4. The lowest BCUT2D eigenvalue weighted by atomic mass is 10.3. The standard InChI is InChI=1S/C5H6Cl2N2O/c6-3(1-8)5(10)4(7)2-9/h1-2H,8-9H2/b3-1-,4-2-. The zero-order valence-corrected chi connectivity index (χ0v) is 6.49. The van der Waals surface area contributed by atoms with Crippen LogP contribution in [0.2, 0.25) is 0 Å². The van der Waals surface area contributed by atoms with Crippen LogP contribution in [0.15, 0.2) is 22.5 Å². The topological polar surface area (TPSA) is 69.1 Å². The highest BCUT2D eigenvalue weighted by Gasteiger charge is 2.08. The van der Waals surface area contributed by atoms with E-state index in [2.05, 4.69) is 0 Å². The van der Waals surface area contributed by atoms with Crippen LogP contribution in [0, 0.1) is 0 Å².